The highest BCUT2D eigenvalue weighted by Crippen LogP contribution is 2.40. The quantitative estimate of drug-likeness (QED) is 0.616. The fourth-order valence-electron chi connectivity index (χ4n) is 3.75. The van der Waals surface area contributed by atoms with Gasteiger partial charge in [-0.1, -0.05) is 57.4 Å². The van der Waals surface area contributed by atoms with Gasteiger partial charge in [-0.05, 0) is 49.0 Å². The summed E-state index contributed by atoms with van der Waals surface area (Å²) in [5.41, 5.74) is 2.18. The third-order valence-corrected chi connectivity index (χ3v) is 5.15. The van der Waals surface area contributed by atoms with Crippen LogP contribution in [0.3, 0.4) is 0 Å². The van der Waals surface area contributed by atoms with Gasteiger partial charge in [0.25, 0.3) is 0 Å². The van der Waals surface area contributed by atoms with E-state index in [4.69, 9.17) is 0 Å². The molecule has 0 saturated heterocycles. The predicted molar refractivity (Wildman–Crippen MR) is 85.2 cm³/mol. The van der Waals surface area contributed by atoms with Crippen molar-refractivity contribution in [3.05, 3.63) is 35.4 Å². The number of aldehydes is 1. The number of rotatable bonds is 6. The molecule has 1 aromatic carbocycles. The molecule has 1 unspecified atom stereocenters. The standard InChI is InChI=1S/C19H28O/c1-3-4-7-15(2)16-10-12-17(13-11-16)19-9-6-5-8-18(19)14-20/h5-6,8-9,14-17H,3-4,7,10-13H2,1-2H3/t15?,16-,17-. The van der Waals surface area contributed by atoms with Crippen LogP contribution in [-0.4, -0.2) is 6.29 Å². The van der Waals surface area contributed by atoms with Crippen LogP contribution in [0.4, 0.5) is 0 Å². The van der Waals surface area contributed by atoms with Crippen LogP contribution < -0.4 is 0 Å². The molecule has 1 fully saturated rings. The highest BCUT2D eigenvalue weighted by Gasteiger charge is 2.26. The van der Waals surface area contributed by atoms with Crippen LogP contribution in [0.1, 0.15) is 80.6 Å². The van der Waals surface area contributed by atoms with E-state index >= 15 is 0 Å². The van der Waals surface area contributed by atoms with Crippen LogP contribution in [0, 0.1) is 11.8 Å². The van der Waals surface area contributed by atoms with E-state index in [1.807, 2.05) is 12.1 Å². The SMILES string of the molecule is CCCCC(C)[C@H]1CC[C@H](c2ccccc2C=O)CC1. The Morgan fingerprint density at radius 1 is 1.20 bits per heavy atom. The zero-order valence-corrected chi connectivity index (χ0v) is 13.0. The molecule has 1 aliphatic carbocycles. The molecule has 0 amide bonds. The number of hydrogen-bond donors (Lipinski definition) is 0. The summed E-state index contributed by atoms with van der Waals surface area (Å²) in [5, 5.41) is 0. The zero-order valence-electron chi connectivity index (χ0n) is 13.0. The van der Waals surface area contributed by atoms with Crippen molar-refractivity contribution in [1.29, 1.82) is 0 Å². The highest BCUT2D eigenvalue weighted by atomic mass is 16.1. The average Bonchev–Trinajstić information content (AvgIpc) is 2.52. The van der Waals surface area contributed by atoms with Crippen molar-refractivity contribution in [2.24, 2.45) is 11.8 Å². The van der Waals surface area contributed by atoms with E-state index < -0.39 is 0 Å². The summed E-state index contributed by atoms with van der Waals surface area (Å²) in [7, 11) is 0. The number of benzene rings is 1. The Hall–Kier alpha value is -1.11. The summed E-state index contributed by atoms with van der Waals surface area (Å²) in [6.07, 6.45) is 10.3. The van der Waals surface area contributed by atoms with Gasteiger partial charge in [-0.25, -0.2) is 0 Å². The molecule has 1 nitrogen and oxygen atoms in total. The summed E-state index contributed by atoms with van der Waals surface area (Å²) in [4.78, 5) is 11.2. The van der Waals surface area contributed by atoms with Gasteiger partial charge >= 0.3 is 0 Å². The maximum atomic E-state index is 11.2. The van der Waals surface area contributed by atoms with E-state index in [1.54, 1.807) is 0 Å². The maximum absolute atomic E-state index is 11.2. The Kier molecular flexibility index (Phi) is 5.82. The molecule has 1 heteroatoms. The fraction of sp³-hybridized carbons (Fsp3) is 0.632. The van der Waals surface area contributed by atoms with E-state index in [9.17, 15) is 4.79 Å². The Bertz CT molecular complexity index is 416. The molecule has 1 saturated carbocycles. The van der Waals surface area contributed by atoms with Crippen molar-refractivity contribution in [3.8, 4) is 0 Å². The molecular formula is C19H28O. The molecule has 1 aromatic rings. The predicted octanol–water partition coefficient (Wildman–Crippen LogP) is 5.60. The molecule has 0 heterocycles. The highest BCUT2D eigenvalue weighted by molar-refractivity contribution is 5.77. The van der Waals surface area contributed by atoms with Crippen molar-refractivity contribution in [2.45, 2.75) is 64.7 Å². The summed E-state index contributed by atoms with van der Waals surface area (Å²) in [6.45, 7) is 4.71. The molecule has 0 spiro atoms. The molecular weight excluding hydrogens is 244 g/mol. The third kappa shape index (κ3) is 3.71. The molecule has 0 N–H and O–H groups in total. The van der Waals surface area contributed by atoms with Gasteiger partial charge < -0.3 is 0 Å². The molecule has 0 bridgehead atoms. The van der Waals surface area contributed by atoms with E-state index in [-0.39, 0.29) is 0 Å². The largest absolute Gasteiger partial charge is 0.298 e. The van der Waals surface area contributed by atoms with Gasteiger partial charge in [-0.3, -0.25) is 4.79 Å². The second-order valence-electron chi connectivity index (χ2n) is 6.48. The van der Waals surface area contributed by atoms with E-state index in [1.165, 1.54) is 50.5 Å². The molecule has 110 valence electrons. The average molecular weight is 272 g/mol. The Morgan fingerprint density at radius 2 is 1.90 bits per heavy atom. The Morgan fingerprint density at radius 3 is 2.55 bits per heavy atom. The molecule has 0 aromatic heterocycles. The zero-order chi connectivity index (χ0) is 14.4. The van der Waals surface area contributed by atoms with E-state index in [2.05, 4.69) is 26.0 Å². The molecule has 1 aliphatic rings. The molecule has 1 atom stereocenters. The smallest absolute Gasteiger partial charge is 0.150 e. The van der Waals surface area contributed by atoms with E-state index in [0.717, 1.165) is 23.7 Å². The lowest BCUT2D eigenvalue weighted by atomic mass is 9.72. The van der Waals surface area contributed by atoms with Crippen molar-refractivity contribution in [3.63, 3.8) is 0 Å². The van der Waals surface area contributed by atoms with Crippen LogP contribution in [0.5, 0.6) is 0 Å². The topological polar surface area (TPSA) is 17.1 Å². The van der Waals surface area contributed by atoms with E-state index in [0.29, 0.717) is 5.92 Å². The lowest BCUT2D eigenvalue weighted by Crippen LogP contribution is -2.20. The molecule has 0 radical (unpaired) electrons. The summed E-state index contributed by atoms with van der Waals surface area (Å²) >= 11 is 0. The minimum atomic E-state index is 0.603. The minimum absolute atomic E-state index is 0.603. The maximum Gasteiger partial charge on any atom is 0.150 e. The first-order chi connectivity index (χ1) is 9.76. The van der Waals surface area contributed by atoms with Crippen LogP contribution in [0.25, 0.3) is 0 Å². The third-order valence-electron chi connectivity index (χ3n) is 5.15. The first-order valence-corrected chi connectivity index (χ1v) is 8.30. The number of unbranched alkanes of at least 4 members (excludes halogenated alkanes) is 1. The van der Waals surface area contributed by atoms with Gasteiger partial charge in [0.1, 0.15) is 6.29 Å². The van der Waals surface area contributed by atoms with Gasteiger partial charge in [-0.15, -0.1) is 0 Å². The van der Waals surface area contributed by atoms with Crippen molar-refractivity contribution < 1.29 is 4.79 Å². The Balaban J connectivity index is 1.92. The van der Waals surface area contributed by atoms with Gasteiger partial charge in [-0.2, -0.15) is 0 Å². The van der Waals surface area contributed by atoms with Crippen LogP contribution >= 0.6 is 0 Å². The van der Waals surface area contributed by atoms with Crippen LogP contribution in [0.15, 0.2) is 24.3 Å². The van der Waals surface area contributed by atoms with Crippen molar-refractivity contribution >= 4 is 6.29 Å². The lowest BCUT2D eigenvalue weighted by molar-refractivity contribution is 0.112. The van der Waals surface area contributed by atoms with Crippen molar-refractivity contribution in [2.75, 3.05) is 0 Å². The fourth-order valence-corrected chi connectivity index (χ4v) is 3.75. The van der Waals surface area contributed by atoms with Crippen LogP contribution in [0.2, 0.25) is 0 Å². The van der Waals surface area contributed by atoms with Gasteiger partial charge in [0.05, 0.1) is 0 Å². The second kappa shape index (κ2) is 7.61. The summed E-state index contributed by atoms with van der Waals surface area (Å²) in [5.74, 6) is 2.38. The number of hydrogen-bond acceptors (Lipinski definition) is 1. The first-order valence-electron chi connectivity index (χ1n) is 8.30. The normalized spacial score (nSPS) is 24.3. The van der Waals surface area contributed by atoms with Crippen molar-refractivity contribution in [1.82, 2.24) is 0 Å². The molecule has 0 aliphatic heterocycles. The second-order valence-corrected chi connectivity index (χ2v) is 6.48. The van der Waals surface area contributed by atoms with Gasteiger partial charge in [0.15, 0.2) is 0 Å². The minimum Gasteiger partial charge on any atom is -0.298 e. The molecule has 20 heavy (non-hydrogen) atoms. The molecule has 2 rings (SSSR count). The lowest BCUT2D eigenvalue weighted by Gasteiger charge is -2.33. The number of carbonyl (C=O) groups excluding carboxylic acids is 1. The van der Waals surface area contributed by atoms with Gasteiger partial charge in [0.2, 0.25) is 0 Å². The van der Waals surface area contributed by atoms with Crippen LogP contribution in [-0.2, 0) is 0 Å². The van der Waals surface area contributed by atoms with Gasteiger partial charge in [0, 0.05) is 5.56 Å². The number of carbonyl (C=O) groups is 1. The first kappa shape index (κ1) is 15.3. The monoisotopic (exact) mass is 272 g/mol. The Labute approximate surface area is 123 Å². The summed E-state index contributed by atoms with van der Waals surface area (Å²) in [6, 6.07) is 8.14. The summed E-state index contributed by atoms with van der Waals surface area (Å²) < 4.78 is 0.